The summed E-state index contributed by atoms with van der Waals surface area (Å²) in [6.07, 6.45) is 7.47. The maximum absolute atomic E-state index is 14.5. The van der Waals surface area contributed by atoms with E-state index in [9.17, 15) is 12.8 Å². The molecule has 1 fully saturated rings. The van der Waals surface area contributed by atoms with E-state index >= 15 is 0 Å². The third-order valence-electron chi connectivity index (χ3n) is 6.26. The summed E-state index contributed by atoms with van der Waals surface area (Å²) in [6, 6.07) is 3.62. The summed E-state index contributed by atoms with van der Waals surface area (Å²) in [4.78, 5) is 12.9. The molecule has 0 radical (unpaired) electrons. The molecule has 0 saturated heterocycles. The Kier molecular flexibility index (Phi) is 5.99. The monoisotopic (exact) mass is 500 g/mol. The van der Waals surface area contributed by atoms with E-state index in [1.165, 1.54) is 18.5 Å². The number of hydrogen-bond donors (Lipinski definition) is 0. The number of benzene rings is 1. The molecular formula is C23H25FN6O4S. The molecule has 5 rings (SSSR count). The van der Waals surface area contributed by atoms with Crippen LogP contribution in [0.15, 0.2) is 40.1 Å². The summed E-state index contributed by atoms with van der Waals surface area (Å²) < 4.78 is 50.9. The summed E-state index contributed by atoms with van der Waals surface area (Å²) in [7, 11) is -3.53. The third kappa shape index (κ3) is 4.62. The van der Waals surface area contributed by atoms with Crippen molar-refractivity contribution in [2.24, 2.45) is 0 Å². The summed E-state index contributed by atoms with van der Waals surface area (Å²) >= 11 is 0. The van der Waals surface area contributed by atoms with E-state index in [1.54, 1.807) is 6.20 Å². The van der Waals surface area contributed by atoms with Crippen molar-refractivity contribution in [3.63, 3.8) is 0 Å². The molecule has 3 aromatic heterocycles. The van der Waals surface area contributed by atoms with Gasteiger partial charge in [0.15, 0.2) is 32.9 Å². The first-order valence-electron chi connectivity index (χ1n) is 11.4. The summed E-state index contributed by atoms with van der Waals surface area (Å²) in [5.74, 6) is 1.08. The largest absolute Gasteiger partial charge is 0.435 e. The smallest absolute Gasteiger partial charge is 0.233 e. The minimum Gasteiger partial charge on any atom is -0.435 e. The summed E-state index contributed by atoms with van der Waals surface area (Å²) in [5, 5.41) is 9.14. The van der Waals surface area contributed by atoms with Crippen LogP contribution in [0.4, 0.5) is 4.39 Å². The Balaban J connectivity index is 1.34. The molecule has 0 N–H and O–H groups in total. The van der Waals surface area contributed by atoms with Crippen LogP contribution in [0.1, 0.15) is 69.1 Å². The van der Waals surface area contributed by atoms with E-state index in [0.717, 1.165) is 43.8 Å². The lowest BCUT2D eigenvalue weighted by Crippen LogP contribution is -2.18. The van der Waals surface area contributed by atoms with Crippen LogP contribution in [0.25, 0.3) is 11.0 Å². The van der Waals surface area contributed by atoms with Crippen molar-refractivity contribution in [3.8, 4) is 11.6 Å². The van der Waals surface area contributed by atoms with Gasteiger partial charge in [-0.05, 0) is 43.9 Å². The first kappa shape index (κ1) is 23.3. The van der Waals surface area contributed by atoms with Gasteiger partial charge in [-0.3, -0.25) is 0 Å². The molecule has 12 heteroatoms. The van der Waals surface area contributed by atoms with Crippen molar-refractivity contribution >= 4 is 20.9 Å². The Morgan fingerprint density at radius 1 is 1.17 bits per heavy atom. The van der Waals surface area contributed by atoms with E-state index in [-0.39, 0.29) is 34.4 Å². The minimum atomic E-state index is -3.53. The topological polar surface area (TPSA) is 126 Å². The molecule has 10 nitrogen and oxygen atoms in total. The average Bonchev–Trinajstić information content (AvgIpc) is 3.48. The van der Waals surface area contributed by atoms with Gasteiger partial charge in [0.1, 0.15) is 11.7 Å². The van der Waals surface area contributed by atoms with Crippen LogP contribution < -0.4 is 4.74 Å². The highest BCUT2D eigenvalue weighted by atomic mass is 32.2. The fourth-order valence-electron chi connectivity index (χ4n) is 4.30. The van der Waals surface area contributed by atoms with Crippen LogP contribution in [0.3, 0.4) is 0 Å². The van der Waals surface area contributed by atoms with E-state index in [2.05, 4.69) is 25.2 Å². The number of halogens is 1. The number of sulfone groups is 1. The van der Waals surface area contributed by atoms with Crippen LogP contribution in [0.2, 0.25) is 0 Å². The number of ether oxygens (including phenoxy) is 1. The maximum Gasteiger partial charge on any atom is 0.233 e. The van der Waals surface area contributed by atoms with Gasteiger partial charge in [0.05, 0.1) is 17.1 Å². The molecule has 0 atom stereocenters. The number of nitrogens with zero attached hydrogens (tertiary/aromatic N) is 6. The molecule has 1 aliphatic rings. The minimum absolute atomic E-state index is 0.125. The first-order chi connectivity index (χ1) is 16.7. The van der Waals surface area contributed by atoms with Gasteiger partial charge in [0.25, 0.3) is 0 Å². The fourth-order valence-corrected chi connectivity index (χ4v) is 4.94. The molecular weight excluding hydrogens is 475 g/mol. The molecule has 3 heterocycles. The second-order valence-corrected chi connectivity index (χ2v) is 11.1. The molecule has 0 aliphatic heterocycles. The predicted molar refractivity (Wildman–Crippen MR) is 124 cm³/mol. The van der Waals surface area contributed by atoms with Gasteiger partial charge >= 0.3 is 0 Å². The average molecular weight is 501 g/mol. The SMILES string of the molecule is CC(C)c1noc([C@H]2CC[C@@H](n3ncc4c(Oc5ccc(S(C)(=O)=O)cc5F)ncnc43)CC2)n1. The molecule has 0 unspecified atom stereocenters. The standard InChI is InChI=1S/C23H25FN6O4S/c1-13(2)20-28-22(34-29-20)14-4-6-15(7-5-14)30-21-17(11-27-30)23(26-12-25-21)33-19-9-8-16(10-18(19)24)35(3,31)32/h8-15H,4-7H2,1-3H3/t14-,15+. The first-order valence-corrected chi connectivity index (χ1v) is 13.3. The lowest BCUT2D eigenvalue weighted by Gasteiger charge is -2.26. The molecule has 1 aromatic carbocycles. The Labute approximate surface area is 201 Å². The summed E-state index contributed by atoms with van der Waals surface area (Å²) in [6.45, 7) is 4.07. The van der Waals surface area contributed by atoms with Crippen LogP contribution in [-0.4, -0.2) is 44.6 Å². The van der Waals surface area contributed by atoms with Crippen LogP contribution in [0, 0.1) is 5.82 Å². The Morgan fingerprint density at radius 2 is 1.94 bits per heavy atom. The Bertz CT molecular complexity index is 1470. The fraction of sp³-hybridized carbons (Fsp3) is 0.435. The van der Waals surface area contributed by atoms with Gasteiger partial charge in [-0.15, -0.1) is 0 Å². The van der Waals surface area contributed by atoms with Crippen molar-refractivity contribution in [2.45, 2.75) is 62.3 Å². The van der Waals surface area contributed by atoms with E-state index in [1.807, 2.05) is 18.5 Å². The summed E-state index contributed by atoms with van der Waals surface area (Å²) in [5.41, 5.74) is 0.589. The van der Waals surface area contributed by atoms with E-state index < -0.39 is 15.7 Å². The van der Waals surface area contributed by atoms with Crippen LogP contribution >= 0.6 is 0 Å². The lowest BCUT2D eigenvalue weighted by atomic mass is 9.86. The van der Waals surface area contributed by atoms with Crippen molar-refractivity contribution < 1.29 is 22.1 Å². The highest BCUT2D eigenvalue weighted by Crippen LogP contribution is 2.39. The zero-order valence-electron chi connectivity index (χ0n) is 19.5. The molecule has 0 amide bonds. The normalized spacial score (nSPS) is 18.9. The van der Waals surface area contributed by atoms with Crippen LogP contribution in [0.5, 0.6) is 11.6 Å². The number of rotatable bonds is 6. The van der Waals surface area contributed by atoms with Crippen molar-refractivity contribution in [3.05, 3.63) is 48.3 Å². The van der Waals surface area contributed by atoms with Crippen LogP contribution in [-0.2, 0) is 9.84 Å². The zero-order chi connectivity index (χ0) is 24.7. The van der Waals surface area contributed by atoms with Crippen molar-refractivity contribution in [1.82, 2.24) is 29.9 Å². The van der Waals surface area contributed by atoms with Gasteiger partial charge in [-0.25, -0.2) is 27.5 Å². The molecule has 1 saturated carbocycles. The Hall–Kier alpha value is -3.41. The second-order valence-electron chi connectivity index (χ2n) is 9.12. The maximum atomic E-state index is 14.5. The Morgan fingerprint density at radius 3 is 2.60 bits per heavy atom. The molecule has 35 heavy (non-hydrogen) atoms. The molecule has 0 spiro atoms. The predicted octanol–water partition coefficient (Wildman–Crippen LogP) is 4.57. The van der Waals surface area contributed by atoms with E-state index in [0.29, 0.717) is 16.9 Å². The molecule has 4 aromatic rings. The second kappa shape index (κ2) is 8.99. The van der Waals surface area contributed by atoms with Crippen molar-refractivity contribution in [2.75, 3.05) is 6.26 Å². The van der Waals surface area contributed by atoms with Gasteiger partial charge in [-0.2, -0.15) is 10.1 Å². The third-order valence-corrected chi connectivity index (χ3v) is 7.37. The highest BCUT2D eigenvalue weighted by Gasteiger charge is 2.29. The van der Waals surface area contributed by atoms with E-state index in [4.69, 9.17) is 9.26 Å². The molecule has 184 valence electrons. The van der Waals surface area contributed by atoms with Gasteiger partial charge < -0.3 is 9.26 Å². The number of hydrogen-bond acceptors (Lipinski definition) is 9. The van der Waals surface area contributed by atoms with Gasteiger partial charge in [-0.1, -0.05) is 19.0 Å². The van der Waals surface area contributed by atoms with Gasteiger partial charge in [0.2, 0.25) is 11.8 Å². The molecule has 0 bridgehead atoms. The van der Waals surface area contributed by atoms with Crippen molar-refractivity contribution in [1.29, 1.82) is 0 Å². The quantitative estimate of drug-likeness (QED) is 0.374. The number of aromatic nitrogens is 6. The molecule has 1 aliphatic carbocycles. The number of fused-ring (bicyclic) bond motifs is 1. The zero-order valence-corrected chi connectivity index (χ0v) is 20.4. The lowest BCUT2D eigenvalue weighted by molar-refractivity contribution is 0.263. The van der Waals surface area contributed by atoms with Gasteiger partial charge in [0, 0.05) is 18.1 Å². The highest BCUT2D eigenvalue weighted by molar-refractivity contribution is 7.90.